The van der Waals surface area contributed by atoms with E-state index >= 15 is 0 Å². The minimum atomic E-state index is -0.649. The van der Waals surface area contributed by atoms with Gasteiger partial charge in [0.25, 0.3) is 5.91 Å². The van der Waals surface area contributed by atoms with Gasteiger partial charge in [0.1, 0.15) is 11.7 Å². The van der Waals surface area contributed by atoms with Gasteiger partial charge >= 0.3 is 0 Å². The summed E-state index contributed by atoms with van der Waals surface area (Å²) in [5, 5.41) is 2.51. The van der Waals surface area contributed by atoms with Gasteiger partial charge in [-0.2, -0.15) is 0 Å². The van der Waals surface area contributed by atoms with Crippen molar-refractivity contribution in [2.45, 2.75) is 13.0 Å². The Hall–Kier alpha value is -1.78. The van der Waals surface area contributed by atoms with Crippen LogP contribution in [0.15, 0.2) is 24.6 Å². The van der Waals surface area contributed by atoms with E-state index in [2.05, 4.69) is 11.9 Å². The van der Waals surface area contributed by atoms with Crippen molar-refractivity contribution in [2.24, 2.45) is 5.73 Å². The zero-order chi connectivity index (χ0) is 10.7. The molecule has 5 nitrogen and oxygen atoms in total. The van der Waals surface area contributed by atoms with Crippen molar-refractivity contribution >= 4 is 11.8 Å². The van der Waals surface area contributed by atoms with Crippen LogP contribution in [0.25, 0.3) is 0 Å². The number of nitrogens with two attached hydrogens (primary N) is 1. The van der Waals surface area contributed by atoms with Gasteiger partial charge < -0.3 is 16.0 Å². The summed E-state index contributed by atoms with van der Waals surface area (Å²) in [7, 11) is 0. The molecule has 0 aromatic carbocycles. The highest BCUT2D eigenvalue weighted by atomic mass is 16.2. The van der Waals surface area contributed by atoms with Gasteiger partial charge in [0.05, 0.1) is 6.54 Å². The molecule has 2 amide bonds. The van der Waals surface area contributed by atoms with Crippen LogP contribution in [-0.2, 0) is 9.59 Å². The number of rotatable bonds is 2. The van der Waals surface area contributed by atoms with E-state index in [0.29, 0.717) is 12.2 Å². The third-order valence-electron chi connectivity index (χ3n) is 2.06. The van der Waals surface area contributed by atoms with Crippen molar-refractivity contribution in [3.63, 3.8) is 0 Å². The van der Waals surface area contributed by atoms with Crippen molar-refractivity contribution in [1.82, 2.24) is 10.2 Å². The molecule has 1 rings (SSSR count). The molecule has 1 aliphatic heterocycles. The maximum Gasteiger partial charge on any atom is 0.268 e. The fourth-order valence-corrected chi connectivity index (χ4v) is 1.33. The molecule has 1 unspecified atom stereocenters. The predicted octanol–water partition coefficient (Wildman–Crippen LogP) is -0.681. The molecule has 0 spiro atoms. The molecular weight excluding hydrogens is 182 g/mol. The molecule has 0 aromatic rings. The first-order valence-electron chi connectivity index (χ1n) is 4.25. The van der Waals surface area contributed by atoms with Crippen LogP contribution in [0, 0.1) is 0 Å². The Labute approximate surface area is 82.2 Å². The number of carbonyl (C=O) groups excluding carboxylic acids is 2. The van der Waals surface area contributed by atoms with Crippen LogP contribution >= 0.6 is 0 Å². The van der Waals surface area contributed by atoms with E-state index in [-0.39, 0.29) is 5.91 Å². The number of carbonyl (C=O) groups is 2. The van der Waals surface area contributed by atoms with Crippen LogP contribution in [0.1, 0.15) is 6.92 Å². The van der Waals surface area contributed by atoms with Crippen molar-refractivity contribution < 1.29 is 9.59 Å². The molecule has 5 heteroatoms. The third-order valence-corrected chi connectivity index (χ3v) is 2.06. The number of nitrogens with zero attached hydrogens (tertiary/aromatic N) is 1. The molecule has 1 aliphatic rings. The van der Waals surface area contributed by atoms with Crippen LogP contribution < -0.4 is 11.1 Å². The Balaban J connectivity index is 2.88. The normalized spacial score (nSPS) is 24.6. The predicted molar refractivity (Wildman–Crippen MR) is 51.8 cm³/mol. The van der Waals surface area contributed by atoms with E-state index in [1.807, 2.05) is 0 Å². The molecule has 0 aromatic heterocycles. The van der Waals surface area contributed by atoms with E-state index in [0.717, 1.165) is 0 Å². The monoisotopic (exact) mass is 195 g/mol. The highest BCUT2D eigenvalue weighted by Crippen LogP contribution is 2.11. The number of hydrogen-bond acceptors (Lipinski definition) is 3. The summed E-state index contributed by atoms with van der Waals surface area (Å²) < 4.78 is 0. The molecule has 0 radical (unpaired) electrons. The summed E-state index contributed by atoms with van der Waals surface area (Å²) in [4.78, 5) is 23.9. The molecule has 76 valence electrons. The summed E-state index contributed by atoms with van der Waals surface area (Å²) in [6, 6.07) is -0.649. The second kappa shape index (κ2) is 3.95. The Morgan fingerprint density at radius 2 is 2.43 bits per heavy atom. The summed E-state index contributed by atoms with van der Waals surface area (Å²) in [5.74, 6) is -0.845. The van der Waals surface area contributed by atoms with Crippen molar-refractivity contribution in [1.29, 1.82) is 0 Å². The van der Waals surface area contributed by atoms with Crippen LogP contribution in [0.3, 0.4) is 0 Å². The number of piperazine rings is 1. The zero-order valence-corrected chi connectivity index (χ0v) is 7.99. The summed E-state index contributed by atoms with van der Waals surface area (Å²) in [6.07, 6.45) is 3.16. The lowest BCUT2D eigenvalue weighted by Crippen LogP contribution is -2.56. The molecule has 0 bridgehead atoms. The average Bonchev–Trinajstić information content (AvgIpc) is 2.16. The van der Waals surface area contributed by atoms with Crippen LogP contribution in [0.5, 0.6) is 0 Å². The number of amides is 2. The van der Waals surface area contributed by atoms with Gasteiger partial charge in [-0.25, -0.2) is 0 Å². The van der Waals surface area contributed by atoms with Gasteiger partial charge in [-0.15, -0.1) is 0 Å². The first kappa shape index (κ1) is 10.3. The highest BCUT2D eigenvalue weighted by Gasteiger charge is 2.29. The van der Waals surface area contributed by atoms with E-state index < -0.39 is 11.9 Å². The molecule has 3 N–H and O–H groups in total. The first-order valence-corrected chi connectivity index (χ1v) is 4.25. The van der Waals surface area contributed by atoms with E-state index in [1.165, 1.54) is 6.20 Å². The number of primary amides is 1. The number of nitrogens with one attached hydrogen (secondary N) is 1. The standard InChI is InChI=1S/C9H13N3O2/c1-3-7-9(14)11-6(8(10)13)5-12(7)4-2/h3-4,6H,2,5H2,1H3,(H2,10,13)(H,11,14)/b7-3-. The van der Waals surface area contributed by atoms with E-state index in [1.54, 1.807) is 17.9 Å². The lowest BCUT2D eigenvalue weighted by Gasteiger charge is -2.32. The second-order valence-corrected chi connectivity index (χ2v) is 2.94. The van der Waals surface area contributed by atoms with Gasteiger partial charge in [0, 0.05) is 0 Å². The van der Waals surface area contributed by atoms with E-state index in [9.17, 15) is 9.59 Å². The maximum atomic E-state index is 11.4. The van der Waals surface area contributed by atoms with Crippen LogP contribution in [0.2, 0.25) is 0 Å². The Morgan fingerprint density at radius 1 is 1.79 bits per heavy atom. The second-order valence-electron chi connectivity index (χ2n) is 2.94. The average molecular weight is 195 g/mol. The first-order chi connectivity index (χ1) is 6.60. The van der Waals surface area contributed by atoms with Crippen molar-refractivity contribution in [3.8, 4) is 0 Å². The molecule has 0 saturated carbocycles. The number of allylic oxidation sites excluding steroid dienone is 1. The fraction of sp³-hybridized carbons (Fsp3) is 0.333. The largest absolute Gasteiger partial charge is 0.368 e. The van der Waals surface area contributed by atoms with Gasteiger partial charge in [0.2, 0.25) is 5.91 Å². The molecule has 0 aliphatic carbocycles. The van der Waals surface area contributed by atoms with E-state index in [4.69, 9.17) is 5.73 Å². The quantitative estimate of drug-likeness (QED) is 0.573. The summed E-state index contributed by atoms with van der Waals surface area (Å²) >= 11 is 0. The smallest absolute Gasteiger partial charge is 0.268 e. The lowest BCUT2D eigenvalue weighted by atomic mass is 10.1. The minimum Gasteiger partial charge on any atom is -0.368 e. The molecular formula is C9H13N3O2. The molecule has 1 heterocycles. The van der Waals surface area contributed by atoms with Crippen LogP contribution in [-0.4, -0.2) is 29.3 Å². The lowest BCUT2D eigenvalue weighted by molar-refractivity contribution is -0.128. The number of hydrogen-bond donors (Lipinski definition) is 2. The molecule has 14 heavy (non-hydrogen) atoms. The molecule has 1 atom stereocenters. The molecule has 1 fully saturated rings. The summed E-state index contributed by atoms with van der Waals surface area (Å²) in [5.41, 5.74) is 5.58. The third kappa shape index (κ3) is 1.76. The Kier molecular flexibility index (Phi) is 2.91. The highest BCUT2D eigenvalue weighted by molar-refractivity contribution is 5.97. The van der Waals surface area contributed by atoms with Gasteiger partial charge in [-0.1, -0.05) is 12.7 Å². The zero-order valence-electron chi connectivity index (χ0n) is 7.99. The van der Waals surface area contributed by atoms with Gasteiger partial charge in [-0.3, -0.25) is 9.59 Å². The van der Waals surface area contributed by atoms with Crippen LogP contribution in [0.4, 0.5) is 0 Å². The Bertz CT molecular complexity index is 309. The van der Waals surface area contributed by atoms with Crippen molar-refractivity contribution in [3.05, 3.63) is 24.6 Å². The maximum absolute atomic E-state index is 11.4. The van der Waals surface area contributed by atoms with Gasteiger partial charge in [-0.05, 0) is 13.1 Å². The minimum absolute atomic E-state index is 0.303. The summed E-state index contributed by atoms with van der Waals surface area (Å²) in [6.45, 7) is 5.65. The van der Waals surface area contributed by atoms with Crippen molar-refractivity contribution in [2.75, 3.05) is 6.54 Å². The topological polar surface area (TPSA) is 75.4 Å². The fourth-order valence-electron chi connectivity index (χ4n) is 1.33. The SMILES string of the molecule is C=CN1CC(C(N)=O)NC(=O)/C1=C/C. The Morgan fingerprint density at radius 3 is 2.86 bits per heavy atom. The molecule has 1 saturated heterocycles. The van der Waals surface area contributed by atoms with Gasteiger partial charge in [0.15, 0.2) is 0 Å².